The molecule has 0 aliphatic carbocycles. The summed E-state index contributed by atoms with van der Waals surface area (Å²) in [5, 5.41) is 5.91. The summed E-state index contributed by atoms with van der Waals surface area (Å²) in [5.74, 6) is -0.236. The molecule has 0 N–H and O–H groups in total. The molecule has 0 saturated carbocycles. The van der Waals surface area contributed by atoms with E-state index in [-0.39, 0.29) is 6.04 Å². The average Bonchev–Trinajstić information content (AvgIpc) is 3.11. The second-order valence-electron chi connectivity index (χ2n) is 7.21. The fourth-order valence-electron chi connectivity index (χ4n) is 3.35. The van der Waals surface area contributed by atoms with Crippen molar-refractivity contribution in [1.82, 2.24) is 14.8 Å². The van der Waals surface area contributed by atoms with Gasteiger partial charge < -0.3 is 9.15 Å². The number of ether oxygens (including phenoxy) is 1. The van der Waals surface area contributed by atoms with Gasteiger partial charge in [0, 0.05) is 35.1 Å². The van der Waals surface area contributed by atoms with Crippen molar-refractivity contribution in [2.24, 2.45) is 0 Å². The summed E-state index contributed by atoms with van der Waals surface area (Å²) < 4.78 is 12.6. The molecular formula is C22H21N3O4. The first-order valence-corrected chi connectivity index (χ1v) is 9.58. The molecule has 0 spiro atoms. The molecule has 29 heavy (non-hydrogen) atoms. The van der Waals surface area contributed by atoms with E-state index in [0.29, 0.717) is 22.5 Å². The number of pyridine rings is 1. The maximum absolute atomic E-state index is 12.6. The Morgan fingerprint density at radius 2 is 2.03 bits per heavy atom. The second kappa shape index (κ2) is 7.50. The predicted octanol–water partition coefficient (Wildman–Crippen LogP) is 4.29. The molecule has 4 rings (SSSR count). The molecule has 0 saturated heterocycles. The molecule has 0 unspecified atom stereocenters. The minimum atomic E-state index is -0.539. The summed E-state index contributed by atoms with van der Waals surface area (Å²) in [7, 11) is 0. The van der Waals surface area contributed by atoms with Gasteiger partial charge in [0.05, 0.1) is 11.8 Å². The van der Waals surface area contributed by atoms with Gasteiger partial charge in [0.2, 0.25) is 0 Å². The van der Waals surface area contributed by atoms with Crippen LogP contribution in [0.15, 0.2) is 51.9 Å². The van der Waals surface area contributed by atoms with Gasteiger partial charge in [0.1, 0.15) is 11.3 Å². The Balaban J connectivity index is 1.63. The van der Waals surface area contributed by atoms with Crippen LogP contribution in [0.25, 0.3) is 22.0 Å². The van der Waals surface area contributed by atoms with Crippen LogP contribution >= 0.6 is 0 Å². The Morgan fingerprint density at radius 1 is 1.21 bits per heavy atom. The zero-order valence-electron chi connectivity index (χ0n) is 16.5. The van der Waals surface area contributed by atoms with Gasteiger partial charge in [-0.25, -0.2) is 19.3 Å². The molecule has 0 fully saturated rings. The van der Waals surface area contributed by atoms with E-state index in [4.69, 9.17) is 9.15 Å². The Kier molecular flexibility index (Phi) is 4.88. The van der Waals surface area contributed by atoms with Crippen molar-refractivity contribution in [3.05, 3.63) is 64.3 Å². The van der Waals surface area contributed by atoms with Gasteiger partial charge in [-0.3, -0.25) is 0 Å². The number of hydrogen-bond acceptors (Lipinski definition) is 6. The van der Waals surface area contributed by atoms with Crippen LogP contribution in [0.3, 0.4) is 0 Å². The molecule has 7 nitrogen and oxygen atoms in total. The van der Waals surface area contributed by atoms with Gasteiger partial charge in [-0.1, -0.05) is 13.3 Å². The lowest BCUT2D eigenvalue weighted by Gasteiger charge is -2.08. The third kappa shape index (κ3) is 3.63. The summed E-state index contributed by atoms with van der Waals surface area (Å²) in [6.45, 7) is 6.08. The van der Waals surface area contributed by atoms with Gasteiger partial charge in [-0.05, 0) is 44.0 Å². The zero-order valence-corrected chi connectivity index (χ0v) is 16.5. The molecule has 148 valence electrons. The molecule has 0 aliphatic rings. The minimum absolute atomic E-state index is 0.169. The van der Waals surface area contributed by atoms with Crippen LogP contribution in [0.5, 0.6) is 5.75 Å². The van der Waals surface area contributed by atoms with Crippen molar-refractivity contribution in [2.75, 3.05) is 0 Å². The van der Waals surface area contributed by atoms with Gasteiger partial charge in [0.25, 0.3) is 0 Å². The summed E-state index contributed by atoms with van der Waals surface area (Å²) in [5.41, 5.74) is 1.95. The molecule has 7 heteroatoms. The number of carbonyl (C=O) groups excluding carboxylic acids is 1. The van der Waals surface area contributed by atoms with Gasteiger partial charge in [-0.2, -0.15) is 5.10 Å². The topological polar surface area (TPSA) is 87.2 Å². The van der Waals surface area contributed by atoms with Crippen LogP contribution in [0.1, 0.15) is 49.2 Å². The quantitative estimate of drug-likeness (QED) is 0.286. The number of nitrogens with zero attached hydrogens (tertiary/aromatic N) is 3. The number of fused-ring (bicyclic) bond motifs is 2. The van der Waals surface area contributed by atoms with Crippen LogP contribution < -0.4 is 10.4 Å². The van der Waals surface area contributed by atoms with E-state index in [1.807, 2.05) is 20.8 Å². The van der Waals surface area contributed by atoms with E-state index >= 15 is 0 Å². The maximum atomic E-state index is 12.6. The van der Waals surface area contributed by atoms with Crippen LogP contribution in [0.2, 0.25) is 0 Å². The molecule has 0 atom stereocenters. The Hall–Kier alpha value is -3.48. The van der Waals surface area contributed by atoms with E-state index in [0.717, 1.165) is 29.2 Å². The van der Waals surface area contributed by atoms with E-state index < -0.39 is 11.6 Å². The predicted molar refractivity (Wildman–Crippen MR) is 109 cm³/mol. The van der Waals surface area contributed by atoms with Crippen LogP contribution in [0, 0.1) is 0 Å². The lowest BCUT2D eigenvalue weighted by atomic mass is 10.1. The lowest BCUT2D eigenvalue weighted by Crippen LogP contribution is -2.10. The molecule has 3 heterocycles. The first kappa shape index (κ1) is 18.9. The highest BCUT2D eigenvalue weighted by Gasteiger charge is 2.15. The highest BCUT2D eigenvalue weighted by Crippen LogP contribution is 2.24. The number of hydrogen-bond donors (Lipinski definition) is 0. The highest BCUT2D eigenvalue weighted by molar-refractivity contribution is 5.94. The van der Waals surface area contributed by atoms with E-state index in [2.05, 4.69) is 10.1 Å². The first-order valence-electron chi connectivity index (χ1n) is 9.58. The number of benzene rings is 1. The van der Waals surface area contributed by atoms with Crippen LogP contribution in [0.4, 0.5) is 0 Å². The van der Waals surface area contributed by atoms with Crippen molar-refractivity contribution in [3.8, 4) is 5.75 Å². The Morgan fingerprint density at radius 3 is 2.79 bits per heavy atom. The fraction of sp³-hybridized carbons (Fsp3) is 0.273. The summed E-state index contributed by atoms with van der Waals surface area (Å²) in [6, 6.07) is 8.45. The Labute approximate surface area is 166 Å². The average molecular weight is 391 g/mol. The fourth-order valence-corrected chi connectivity index (χ4v) is 3.35. The number of aryl methyl sites for hydroxylation is 1. The van der Waals surface area contributed by atoms with Crippen LogP contribution in [-0.2, 0) is 6.42 Å². The molecule has 0 radical (unpaired) electrons. The summed E-state index contributed by atoms with van der Waals surface area (Å²) in [6.07, 6.45) is 4.85. The van der Waals surface area contributed by atoms with Gasteiger partial charge in [-0.15, -0.1) is 0 Å². The van der Waals surface area contributed by atoms with E-state index in [1.165, 1.54) is 12.3 Å². The molecule has 0 amide bonds. The van der Waals surface area contributed by atoms with Crippen molar-refractivity contribution in [1.29, 1.82) is 0 Å². The molecule has 1 aromatic carbocycles. The maximum Gasteiger partial charge on any atom is 0.345 e. The third-order valence-electron chi connectivity index (χ3n) is 4.69. The number of rotatable bonds is 5. The number of carbonyl (C=O) groups is 1. The summed E-state index contributed by atoms with van der Waals surface area (Å²) in [4.78, 5) is 28.8. The first-order chi connectivity index (χ1) is 14.0. The van der Waals surface area contributed by atoms with Crippen molar-refractivity contribution < 1.29 is 13.9 Å². The van der Waals surface area contributed by atoms with Gasteiger partial charge in [0.15, 0.2) is 5.65 Å². The molecule has 3 aromatic heterocycles. The van der Waals surface area contributed by atoms with E-state index in [9.17, 15) is 9.59 Å². The Bertz CT molecular complexity index is 1270. The number of esters is 1. The number of aromatic nitrogens is 3. The standard InChI is InChI=1S/C22H21N3O4/c1-4-5-14-9-20(26)29-19-10-17(6-7-18(14)19)28-22(27)16-8-15-12-24-25(13(2)3)21(15)23-11-16/h6-13H,4-5H2,1-3H3. The van der Waals surface area contributed by atoms with Crippen LogP contribution in [-0.4, -0.2) is 20.7 Å². The van der Waals surface area contributed by atoms with Crippen molar-refractivity contribution in [2.45, 2.75) is 39.7 Å². The zero-order chi connectivity index (χ0) is 20.5. The second-order valence-corrected chi connectivity index (χ2v) is 7.21. The van der Waals surface area contributed by atoms with E-state index in [1.54, 1.807) is 35.1 Å². The lowest BCUT2D eigenvalue weighted by molar-refractivity contribution is 0.0734. The summed E-state index contributed by atoms with van der Waals surface area (Å²) >= 11 is 0. The molecule has 0 aliphatic heterocycles. The monoisotopic (exact) mass is 391 g/mol. The third-order valence-corrected chi connectivity index (χ3v) is 4.69. The molecule has 4 aromatic rings. The molecular weight excluding hydrogens is 370 g/mol. The van der Waals surface area contributed by atoms with Crippen molar-refractivity contribution in [3.63, 3.8) is 0 Å². The SMILES string of the molecule is CCCc1cc(=O)oc2cc(OC(=O)c3cnc4c(cnn4C(C)C)c3)ccc12. The minimum Gasteiger partial charge on any atom is -0.423 e. The highest BCUT2D eigenvalue weighted by atomic mass is 16.5. The normalized spacial score (nSPS) is 11.4. The smallest absolute Gasteiger partial charge is 0.345 e. The van der Waals surface area contributed by atoms with Crippen molar-refractivity contribution >= 4 is 28.0 Å². The molecule has 0 bridgehead atoms. The largest absolute Gasteiger partial charge is 0.423 e. The van der Waals surface area contributed by atoms with Gasteiger partial charge >= 0.3 is 11.6 Å².